The van der Waals surface area contributed by atoms with E-state index in [4.69, 9.17) is 11.6 Å². The van der Waals surface area contributed by atoms with E-state index >= 15 is 0 Å². The van der Waals surface area contributed by atoms with Crippen LogP contribution in [-0.4, -0.2) is 30.2 Å². The molecule has 0 saturated carbocycles. The number of aromatic nitrogens is 1. The normalized spacial score (nSPS) is 13.4. The lowest BCUT2D eigenvalue weighted by atomic mass is 10.1. The fourth-order valence-corrected chi connectivity index (χ4v) is 2.12. The highest BCUT2D eigenvalue weighted by atomic mass is 35.5. The molecule has 0 spiro atoms. The minimum atomic E-state index is -6.54. The second kappa shape index (κ2) is 5.02. The van der Waals surface area contributed by atoms with Crippen molar-refractivity contribution < 1.29 is 40.3 Å². The number of hydrogen-bond acceptors (Lipinski definition) is 4. The second-order valence-electron chi connectivity index (χ2n) is 3.28. The van der Waals surface area contributed by atoms with E-state index < -0.39 is 39.0 Å². The van der Waals surface area contributed by atoms with Gasteiger partial charge in [-0.1, -0.05) is 22.9 Å². The molecule has 1 rings (SSSR count). The van der Waals surface area contributed by atoms with Gasteiger partial charge < -0.3 is 4.74 Å². The quantitative estimate of drug-likeness (QED) is 0.616. The van der Waals surface area contributed by atoms with Crippen LogP contribution < -0.4 is 0 Å². The Balaban J connectivity index is 3.47. The third-order valence-electron chi connectivity index (χ3n) is 2.02. The summed E-state index contributed by atoms with van der Waals surface area (Å²) in [4.78, 5) is 12.6. The fraction of sp³-hybridized carbons (Fsp3) is 0.500. The van der Waals surface area contributed by atoms with E-state index in [9.17, 15) is 35.5 Å². The highest BCUT2D eigenvalue weighted by Crippen LogP contribution is 2.53. The Morgan fingerprint density at radius 2 is 1.70 bits per heavy atom. The minimum absolute atomic E-state index is 0.000244. The van der Waals surface area contributed by atoms with Gasteiger partial charge in [0.2, 0.25) is 0 Å². The third-order valence-corrected chi connectivity index (χ3v) is 3.16. The first kappa shape index (κ1) is 17.0. The summed E-state index contributed by atoms with van der Waals surface area (Å²) in [5, 5.41) is 0. The molecule has 0 aliphatic heterocycles. The van der Waals surface area contributed by atoms with Gasteiger partial charge in [0.25, 0.3) is 0 Å². The summed E-state index contributed by atoms with van der Waals surface area (Å²) < 4.78 is 91.8. The molecule has 114 valence electrons. The Bertz CT molecular complexity index is 527. The van der Waals surface area contributed by atoms with Crippen LogP contribution >= 0.6 is 22.9 Å². The second-order valence-corrected chi connectivity index (χ2v) is 4.86. The molecule has 1 aromatic heterocycles. The van der Waals surface area contributed by atoms with Crippen LogP contribution in [0.15, 0.2) is 0 Å². The number of halogens is 8. The van der Waals surface area contributed by atoms with Gasteiger partial charge in [0, 0.05) is 0 Å². The van der Waals surface area contributed by atoms with Crippen LogP contribution in [0, 0.1) is 0 Å². The third kappa shape index (κ3) is 2.55. The van der Waals surface area contributed by atoms with Gasteiger partial charge in [0.15, 0.2) is 4.47 Å². The number of rotatable bonds is 3. The van der Waals surface area contributed by atoms with E-state index in [1.165, 1.54) is 0 Å². The maximum atomic E-state index is 13.4. The van der Waals surface area contributed by atoms with Crippen molar-refractivity contribution in [1.82, 2.24) is 4.98 Å². The van der Waals surface area contributed by atoms with Crippen LogP contribution in [0.3, 0.4) is 0 Å². The lowest BCUT2D eigenvalue weighted by Gasteiger charge is -2.27. The molecule has 3 nitrogen and oxygen atoms in total. The van der Waals surface area contributed by atoms with Crippen molar-refractivity contribution in [1.29, 1.82) is 0 Å². The number of alkyl halides is 7. The van der Waals surface area contributed by atoms with Crippen LogP contribution in [-0.2, 0) is 10.7 Å². The highest BCUT2D eigenvalue weighted by Gasteiger charge is 2.75. The van der Waals surface area contributed by atoms with E-state index in [-0.39, 0.29) is 11.3 Å². The monoisotopic (exact) mass is 345 g/mol. The number of carbonyl (C=O) groups is 1. The van der Waals surface area contributed by atoms with Gasteiger partial charge >= 0.3 is 24.0 Å². The summed E-state index contributed by atoms with van der Waals surface area (Å²) in [7, 11) is 0.722. The molecule has 0 bridgehead atoms. The molecule has 0 saturated heterocycles. The van der Waals surface area contributed by atoms with Crippen LogP contribution in [0.25, 0.3) is 0 Å². The van der Waals surface area contributed by atoms with E-state index in [0.717, 1.165) is 7.11 Å². The predicted octanol–water partition coefficient (Wildman–Crippen LogP) is 3.87. The highest BCUT2D eigenvalue weighted by molar-refractivity contribution is 7.17. The summed E-state index contributed by atoms with van der Waals surface area (Å²) in [6.45, 7) is 0. The Hall–Kier alpha value is -1.10. The number of nitrogens with zero attached hydrogens (tertiary/aromatic N) is 1. The van der Waals surface area contributed by atoms with Crippen LogP contribution in [0.2, 0.25) is 4.47 Å². The summed E-state index contributed by atoms with van der Waals surface area (Å²) in [5.41, 5.74) is -2.08. The molecule has 20 heavy (non-hydrogen) atoms. The Morgan fingerprint density at radius 1 is 1.20 bits per heavy atom. The Kier molecular flexibility index (Phi) is 4.26. The molecule has 0 radical (unpaired) electrons. The number of hydrogen-bond donors (Lipinski definition) is 0. The van der Waals surface area contributed by atoms with Crippen LogP contribution in [0.5, 0.6) is 0 Å². The number of esters is 1. The van der Waals surface area contributed by atoms with Gasteiger partial charge in [0.1, 0.15) is 10.6 Å². The van der Waals surface area contributed by atoms with Gasteiger partial charge in [-0.05, 0) is 0 Å². The topological polar surface area (TPSA) is 39.2 Å². The molecule has 1 heterocycles. The molecule has 0 amide bonds. The standard InChI is InChI=1S/C8H3ClF7NO2S/c1-19-4(18)2-3(17-5(9)20-2)6(10,11)7(12,13)8(14,15)16/h1H3. The fourth-order valence-electron chi connectivity index (χ4n) is 1.06. The molecule has 12 heteroatoms. The van der Waals surface area contributed by atoms with Crippen molar-refractivity contribution >= 4 is 28.9 Å². The number of thiazole rings is 1. The Morgan fingerprint density at radius 3 is 2.10 bits per heavy atom. The maximum Gasteiger partial charge on any atom is 0.460 e. The predicted molar refractivity (Wildman–Crippen MR) is 53.4 cm³/mol. The van der Waals surface area contributed by atoms with Gasteiger partial charge in [-0.15, -0.1) is 0 Å². The van der Waals surface area contributed by atoms with Crippen molar-refractivity contribution in [3.8, 4) is 0 Å². The average Bonchev–Trinajstić information content (AvgIpc) is 2.69. The van der Waals surface area contributed by atoms with Crippen molar-refractivity contribution in [3.63, 3.8) is 0 Å². The molecule has 0 unspecified atom stereocenters. The zero-order valence-electron chi connectivity index (χ0n) is 9.20. The van der Waals surface area contributed by atoms with Crippen molar-refractivity contribution in [2.75, 3.05) is 7.11 Å². The molecular weight excluding hydrogens is 343 g/mol. The van der Waals surface area contributed by atoms with Gasteiger partial charge in [-0.2, -0.15) is 30.7 Å². The van der Waals surface area contributed by atoms with Gasteiger partial charge in [-0.3, -0.25) is 0 Å². The van der Waals surface area contributed by atoms with Crippen molar-refractivity contribution in [3.05, 3.63) is 15.0 Å². The molecule has 0 fully saturated rings. The van der Waals surface area contributed by atoms with E-state index in [1.807, 2.05) is 0 Å². The Labute approximate surface area is 115 Å². The number of ether oxygens (including phenoxy) is 1. The lowest BCUT2D eigenvalue weighted by molar-refractivity contribution is -0.360. The molecule has 0 aromatic carbocycles. The smallest absolute Gasteiger partial charge is 0.460 e. The van der Waals surface area contributed by atoms with E-state index in [0.29, 0.717) is 0 Å². The summed E-state index contributed by atoms with van der Waals surface area (Å²) >= 11 is 5.18. The first-order valence-corrected chi connectivity index (χ1v) is 5.63. The van der Waals surface area contributed by atoms with Crippen LogP contribution in [0.4, 0.5) is 30.7 Å². The minimum Gasteiger partial charge on any atom is -0.465 e. The summed E-state index contributed by atoms with van der Waals surface area (Å²) in [6.07, 6.45) is -6.54. The summed E-state index contributed by atoms with van der Waals surface area (Å²) in [6, 6.07) is 0. The summed E-state index contributed by atoms with van der Waals surface area (Å²) in [5.74, 6) is -13.8. The largest absolute Gasteiger partial charge is 0.465 e. The maximum absolute atomic E-state index is 13.4. The number of carbonyl (C=O) groups excluding carboxylic acids is 1. The first-order chi connectivity index (χ1) is 8.86. The van der Waals surface area contributed by atoms with E-state index in [2.05, 4.69) is 9.72 Å². The average molecular weight is 346 g/mol. The number of methoxy groups -OCH3 is 1. The molecule has 0 atom stereocenters. The molecule has 1 aromatic rings. The van der Waals surface area contributed by atoms with Crippen molar-refractivity contribution in [2.24, 2.45) is 0 Å². The zero-order valence-corrected chi connectivity index (χ0v) is 10.8. The molecule has 0 aliphatic carbocycles. The van der Waals surface area contributed by atoms with Gasteiger partial charge in [-0.25, -0.2) is 9.78 Å². The van der Waals surface area contributed by atoms with Crippen LogP contribution in [0.1, 0.15) is 15.4 Å². The van der Waals surface area contributed by atoms with E-state index in [1.54, 1.807) is 0 Å². The van der Waals surface area contributed by atoms with Gasteiger partial charge in [0.05, 0.1) is 7.11 Å². The SMILES string of the molecule is COC(=O)c1sc(Cl)nc1C(F)(F)C(F)(F)C(F)(F)F. The lowest BCUT2D eigenvalue weighted by Crippen LogP contribution is -2.50. The van der Waals surface area contributed by atoms with Crippen molar-refractivity contribution in [2.45, 2.75) is 18.0 Å². The molecule has 0 aliphatic rings. The first-order valence-electron chi connectivity index (χ1n) is 4.43. The molecular formula is C8H3ClF7NO2S. The molecule has 0 N–H and O–H groups in total. The zero-order chi connectivity index (χ0) is 15.9.